The van der Waals surface area contributed by atoms with E-state index in [0.717, 1.165) is 12.0 Å². The summed E-state index contributed by atoms with van der Waals surface area (Å²) >= 11 is 0. The smallest absolute Gasteiger partial charge is 0.354 e. The number of aromatic nitrogens is 1. The number of carboxylic acid groups (broad SMARTS) is 1. The average Bonchev–Trinajstić information content (AvgIpc) is 2.37. The Morgan fingerprint density at radius 3 is 2.67 bits per heavy atom. The highest BCUT2D eigenvalue weighted by molar-refractivity contribution is 5.85. The van der Waals surface area contributed by atoms with Crippen LogP contribution in [0, 0.1) is 0 Å². The highest BCUT2D eigenvalue weighted by atomic mass is 16.4. The van der Waals surface area contributed by atoms with Gasteiger partial charge in [0.25, 0.3) is 0 Å². The number of hydrogen-bond acceptors (Lipinski definition) is 4. The molecule has 2 amide bonds. The molecule has 0 saturated heterocycles. The fourth-order valence-electron chi connectivity index (χ4n) is 1.20. The van der Waals surface area contributed by atoms with Gasteiger partial charge in [-0.15, -0.1) is 0 Å². The molecule has 1 aromatic heterocycles. The second-order valence-electron chi connectivity index (χ2n) is 3.61. The number of amides is 2. The molecule has 0 aromatic carbocycles. The van der Waals surface area contributed by atoms with Gasteiger partial charge in [0, 0.05) is 19.3 Å². The second-order valence-corrected chi connectivity index (χ2v) is 3.61. The molecule has 0 bridgehead atoms. The van der Waals surface area contributed by atoms with Crippen molar-refractivity contribution in [1.82, 2.24) is 15.6 Å². The van der Waals surface area contributed by atoms with Crippen molar-refractivity contribution < 1.29 is 14.7 Å². The molecule has 18 heavy (non-hydrogen) atoms. The summed E-state index contributed by atoms with van der Waals surface area (Å²) in [6, 6.07) is 2.72. The molecule has 0 unspecified atom stereocenters. The highest BCUT2D eigenvalue weighted by Gasteiger charge is 2.04. The van der Waals surface area contributed by atoms with Crippen LogP contribution in [0.3, 0.4) is 0 Å². The van der Waals surface area contributed by atoms with Crippen molar-refractivity contribution in [1.29, 1.82) is 0 Å². The van der Waals surface area contributed by atoms with E-state index in [1.54, 1.807) is 6.07 Å². The first-order chi connectivity index (χ1) is 8.63. The number of hydrogen-bond donors (Lipinski definition) is 4. The minimum absolute atomic E-state index is 0.0221. The maximum atomic E-state index is 11.3. The summed E-state index contributed by atoms with van der Waals surface area (Å²) in [5.41, 5.74) is 6.00. The Kier molecular flexibility index (Phi) is 5.59. The molecule has 98 valence electrons. The minimum atomic E-state index is -1.07. The van der Waals surface area contributed by atoms with E-state index >= 15 is 0 Å². The number of rotatable bonds is 6. The minimum Gasteiger partial charge on any atom is -0.477 e. The van der Waals surface area contributed by atoms with Crippen molar-refractivity contribution in [2.45, 2.75) is 13.0 Å². The van der Waals surface area contributed by atoms with Crippen molar-refractivity contribution >= 4 is 12.0 Å². The molecule has 7 heteroatoms. The predicted molar refractivity (Wildman–Crippen MR) is 65.1 cm³/mol. The molecule has 0 aliphatic rings. The average molecular weight is 252 g/mol. The number of carbonyl (C=O) groups is 2. The molecule has 0 aliphatic heterocycles. The number of urea groups is 1. The van der Waals surface area contributed by atoms with Crippen molar-refractivity contribution in [3.8, 4) is 0 Å². The summed E-state index contributed by atoms with van der Waals surface area (Å²) in [6.45, 7) is 1.35. The summed E-state index contributed by atoms with van der Waals surface area (Å²) in [5.74, 6) is -1.07. The van der Waals surface area contributed by atoms with Gasteiger partial charge in [-0.25, -0.2) is 14.6 Å². The molecule has 0 spiro atoms. The van der Waals surface area contributed by atoms with Gasteiger partial charge in [-0.05, 0) is 24.6 Å². The lowest BCUT2D eigenvalue weighted by Gasteiger charge is -2.06. The van der Waals surface area contributed by atoms with E-state index in [-0.39, 0.29) is 11.7 Å². The summed E-state index contributed by atoms with van der Waals surface area (Å²) in [7, 11) is 0. The lowest BCUT2D eigenvalue weighted by Crippen LogP contribution is -2.36. The van der Waals surface area contributed by atoms with Gasteiger partial charge < -0.3 is 21.5 Å². The van der Waals surface area contributed by atoms with E-state index in [1.165, 1.54) is 12.3 Å². The van der Waals surface area contributed by atoms with Gasteiger partial charge in [-0.3, -0.25) is 0 Å². The molecule has 0 atom stereocenters. The SMILES string of the molecule is NCCCNC(=O)NCc1ccc(C(=O)O)nc1. The van der Waals surface area contributed by atoms with Crippen LogP contribution >= 0.6 is 0 Å². The van der Waals surface area contributed by atoms with Gasteiger partial charge in [-0.1, -0.05) is 6.07 Å². The molecule has 1 heterocycles. The van der Waals surface area contributed by atoms with Crippen molar-refractivity contribution in [2.24, 2.45) is 5.73 Å². The van der Waals surface area contributed by atoms with Crippen LogP contribution in [0.5, 0.6) is 0 Å². The van der Waals surface area contributed by atoms with Gasteiger partial charge in [0.2, 0.25) is 0 Å². The van der Waals surface area contributed by atoms with Gasteiger partial charge in [-0.2, -0.15) is 0 Å². The molecule has 0 fully saturated rings. The summed E-state index contributed by atoms with van der Waals surface area (Å²) in [4.78, 5) is 25.6. The van der Waals surface area contributed by atoms with E-state index in [0.29, 0.717) is 19.6 Å². The predicted octanol–water partition coefficient (Wildman–Crippen LogP) is -0.0722. The topological polar surface area (TPSA) is 117 Å². The van der Waals surface area contributed by atoms with E-state index in [1.807, 2.05) is 0 Å². The zero-order valence-electron chi connectivity index (χ0n) is 9.85. The van der Waals surface area contributed by atoms with Gasteiger partial charge >= 0.3 is 12.0 Å². The number of nitrogens with zero attached hydrogens (tertiary/aromatic N) is 1. The van der Waals surface area contributed by atoms with Crippen LogP contribution in [0.25, 0.3) is 0 Å². The molecule has 5 N–H and O–H groups in total. The highest BCUT2D eigenvalue weighted by Crippen LogP contribution is 1.99. The Bertz CT molecular complexity index is 405. The van der Waals surface area contributed by atoms with Gasteiger partial charge in [0.15, 0.2) is 0 Å². The normalized spacial score (nSPS) is 9.83. The maximum absolute atomic E-state index is 11.3. The fourth-order valence-corrected chi connectivity index (χ4v) is 1.20. The van der Waals surface area contributed by atoms with Crippen LogP contribution < -0.4 is 16.4 Å². The van der Waals surface area contributed by atoms with Crippen LogP contribution in [-0.2, 0) is 6.54 Å². The zero-order chi connectivity index (χ0) is 13.4. The van der Waals surface area contributed by atoms with E-state index in [4.69, 9.17) is 10.8 Å². The molecule has 1 rings (SSSR count). The molecule has 1 aromatic rings. The molecule has 0 radical (unpaired) electrons. The number of nitrogens with one attached hydrogen (secondary N) is 2. The number of carboxylic acids is 1. The summed E-state index contributed by atoms with van der Waals surface area (Å²) in [6.07, 6.45) is 2.14. The third-order valence-electron chi connectivity index (χ3n) is 2.16. The van der Waals surface area contributed by atoms with Crippen LogP contribution in [0.4, 0.5) is 4.79 Å². The first-order valence-corrected chi connectivity index (χ1v) is 5.53. The fraction of sp³-hybridized carbons (Fsp3) is 0.364. The lowest BCUT2D eigenvalue weighted by atomic mass is 10.2. The Labute approximate surface area is 104 Å². The second kappa shape index (κ2) is 7.23. The first kappa shape index (κ1) is 13.9. The van der Waals surface area contributed by atoms with Gasteiger partial charge in [0.05, 0.1) is 0 Å². The van der Waals surface area contributed by atoms with Crippen LogP contribution in [0.2, 0.25) is 0 Å². The number of pyridine rings is 1. The molecular weight excluding hydrogens is 236 g/mol. The zero-order valence-corrected chi connectivity index (χ0v) is 9.85. The first-order valence-electron chi connectivity index (χ1n) is 5.53. The number of nitrogens with two attached hydrogens (primary N) is 1. The monoisotopic (exact) mass is 252 g/mol. The maximum Gasteiger partial charge on any atom is 0.354 e. The van der Waals surface area contributed by atoms with Gasteiger partial charge in [0.1, 0.15) is 5.69 Å². The van der Waals surface area contributed by atoms with E-state index < -0.39 is 5.97 Å². The van der Waals surface area contributed by atoms with Crippen LogP contribution in [-0.4, -0.2) is 35.2 Å². The largest absolute Gasteiger partial charge is 0.477 e. The summed E-state index contributed by atoms with van der Waals surface area (Å²) in [5, 5.41) is 13.9. The van der Waals surface area contributed by atoms with E-state index in [9.17, 15) is 9.59 Å². The third-order valence-corrected chi connectivity index (χ3v) is 2.16. The molecule has 0 aliphatic carbocycles. The Morgan fingerprint density at radius 2 is 2.11 bits per heavy atom. The number of aromatic carboxylic acids is 1. The van der Waals surface area contributed by atoms with Crippen molar-refractivity contribution in [3.05, 3.63) is 29.6 Å². The third kappa shape index (κ3) is 4.79. The van der Waals surface area contributed by atoms with Crippen LogP contribution in [0.15, 0.2) is 18.3 Å². The molecular formula is C11H16N4O3. The Morgan fingerprint density at radius 1 is 1.33 bits per heavy atom. The standard InChI is InChI=1S/C11H16N4O3/c12-4-1-5-13-11(18)15-7-8-2-3-9(10(16)17)14-6-8/h2-3,6H,1,4-5,7,12H2,(H,16,17)(H2,13,15,18). The number of carbonyl (C=O) groups excluding carboxylic acids is 1. The van der Waals surface area contributed by atoms with E-state index in [2.05, 4.69) is 15.6 Å². The molecule has 0 saturated carbocycles. The van der Waals surface area contributed by atoms with Crippen molar-refractivity contribution in [3.63, 3.8) is 0 Å². The lowest BCUT2D eigenvalue weighted by molar-refractivity contribution is 0.0690. The Hall–Kier alpha value is -2.15. The van der Waals surface area contributed by atoms with Crippen molar-refractivity contribution in [2.75, 3.05) is 13.1 Å². The summed E-state index contributed by atoms with van der Waals surface area (Å²) < 4.78 is 0. The van der Waals surface area contributed by atoms with Crippen LogP contribution in [0.1, 0.15) is 22.5 Å². The Balaban J connectivity index is 2.34. The quantitative estimate of drug-likeness (QED) is 0.528. The molecule has 7 nitrogen and oxygen atoms in total.